The minimum atomic E-state index is -0.892. The Morgan fingerprint density at radius 3 is 1.45 bits per heavy atom. The van der Waals surface area contributed by atoms with Crippen molar-refractivity contribution in [1.29, 1.82) is 0 Å². The lowest BCUT2D eigenvalue weighted by atomic mass is 11.0. The first kappa shape index (κ1) is 11.6. The normalized spacial score (nSPS) is 12.0. The maximum absolute atomic E-state index is 5.72. The van der Waals surface area contributed by atoms with Gasteiger partial charge in [0.15, 0.2) is 18.1 Å². The molecule has 0 atom stereocenters. The van der Waals surface area contributed by atoms with Crippen LogP contribution in [0.5, 0.6) is 0 Å². The summed E-state index contributed by atoms with van der Waals surface area (Å²) in [7, 11) is -2.00. The molecule has 0 bridgehead atoms. The molecule has 0 saturated heterocycles. The predicted octanol–water partition coefficient (Wildman–Crippen LogP) is 2.03. The van der Waals surface area contributed by atoms with Gasteiger partial charge in [0.2, 0.25) is 0 Å². The van der Waals surface area contributed by atoms with Crippen molar-refractivity contribution >= 4 is 27.4 Å². The molecule has 0 aromatic heterocycles. The van der Waals surface area contributed by atoms with Crippen LogP contribution in [0, 0.1) is 0 Å². The van der Waals surface area contributed by atoms with Gasteiger partial charge in [-0.3, -0.25) is 0 Å². The predicted molar refractivity (Wildman–Crippen MR) is 53.4 cm³/mol. The van der Waals surface area contributed by atoms with Gasteiger partial charge in [0, 0.05) is 0 Å². The Morgan fingerprint density at radius 1 is 0.909 bits per heavy atom. The summed E-state index contributed by atoms with van der Waals surface area (Å²) in [6.07, 6.45) is 0. The molecule has 0 spiro atoms. The summed E-state index contributed by atoms with van der Waals surface area (Å²) >= 11 is 0. The maximum atomic E-state index is 5.72. The van der Waals surface area contributed by atoms with Gasteiger partial charge in [-0.2, -0.15) is 0 Å². The lowest BCUT2D eigenvalue weighted by molar-refractivity contribution is 0.440. The van der Waals surface area contributed by atoms with E-state index in [-0.39, 0.29) is 0 Å². The van der Waals surface area contributed by atoms with E-state index in [1.165, 1.54) is 0 Å². The summed E-state index contributed by atoms with van der Waals surface area (Å²) < 4.78 is 11.4. The van der Waals surface area contributed by atoms with Crippen LogP contribution in [0.3, 0.4) is 0 Å². The molecule has 0 aromatic carbocycles. The quantitative estimate of drug-likeness (QED) is 0.640. The summed E-state index contributed by atoms with van der Waals surface area (Å²) in [6.45, 7) is 10.8. The molecule has 0 aromatic rings. The first-order chi connectivity index (χ1) is 5.06. The van der Waals surface area contributed by atoms with Gasteiger partial charge in [0.1, 0.15) is 0 Å². The van der Waals surface area contributed by atoms with Gasteiger partial charge in [-0.15, -0.1) is 0 Å². The van der Waals surface area contributed by atoms with E-state index in [9.17, 15) is 0 Å². The fourth-order valence-corrected chi connectivity index (χ4v) is 5.96. The zero-order chi connectivity index (χ0) is 8.85. The van der Waals surface area contributed by atoms with E-state index >= 15 is 0 Å². The number of hydrogen-bond donors (Lipinski definition) is 0. The van der Waals surface area contributed by atoms with Gasteiger partial charge in [-0.25, -0.2) is 0 Å². The molecule has 0 saturated carbocycles. The van der Waals surface area contributed by atoms with E-state index in [2.05, 4.69) is 33.1 Å². The molecule has 5 heteroatoms. The van der Waals surface area contributed by atoms with Crippen molar-refractivity contribution in [2.45, 2.75) is 39.2 Å². The van der Waals surface area contributed by atoms with Crippen LogP contribution < -0.4 is 0 Å². The van der Waals surface area contributed by atoms with E-state index in [4.69, 9.17) is 8.23 Å². The summed E-state index contributed by atoms with van der Waals surface area (Å²) in [5.74, 6) is 0. The molecule has 0 aliphatic heterocycles. The second kappa shape index (κ2) is 6.13. The van der Waals surface area contributed by atoms with Crippen molar-refractivity contribution in [2.75, 3.05) is 0 Å². The Kier molecular flexibility index (Phi) is 6.45. The van der Waals surface area contributed by atoms with Crippen LogP contribution in [-0.4, -0.2) is 27.4 Å². The Balaban J connectivity index is 3.58. The lowest BCUT2D eigenvalue weighted by Gasteiger charge is -2.17. The SMILES string of the molecule is CC[Si](O[Si](C)C)O[Si](C)C. The second-order valence-corrected chi connectivity index (χ2v) is 9.46. The highest BCUT2D eigenvalue weighted by molar-refractivity contribution is 6.67. The van der Waals surface area contributed by atoms with Crippen LogP contribution >= 0.6 is 0 Å². The second-order valence-electron chi connectivity index (χ2n) is 2.75. The minimum Gasteiger partial charge on any atom is -0.435 e. The van der Waals surface area contributed by atoms with E-state index in [1.807, 2.05) is 0 Å². The highest BCUT2D eigenvalue weighted by Gasteiger charge is 2.16. The topological polar surface area (TPSA) is 18.5 Å². The zero-order valence-electron chi connectivity index (χ0n) is 8.02. The van der Waals surface area contributed by atoms with Crippen LogP contribution in [-0.2, 0) is 8.23 Å². The average Bonchev–Trinajstić information content (AvgIpc) is 1.84. The molecule has 0 amide bonds. The van der Waals surface area contributed by atoms with Crippen LogP contribution in [0.15, 0.2) is 0 Å². The number of hydrogen-bond acceptors (Lipinski definition) is 2. The summed E-state index contributed by atoms with van der Waals surface area (Å²) in [5, 5.41) is 0. The van der Waals surface area contributed by atoms with Crippen molar-refractivity contribution < 1.29 is 8.23 Å². The molecule has 0 aliphatic rings. The van der Waals surface area contributed by atoms with Gasteiger partial charge < -0.3 is 8.23 Å². The van der Waals surface area contributed by atoms with Crippen LogP contribution in [0.4, 0.5) is 0 Å². The Bertz CT molecular complexity index is 87.8. The molecule has 0 heterocycles. The molecule has 0 N–H and O–H groups in total. The fraction of sp³-hybridized carbons (Fsp3) is 1.00. The Labute approximate surface area is 75.2 Å². The van der Waals surface area contributed by atoms with Crippen molar-refractivity contribution in [3.05, 3.63) is 0 Å². The first-order valence-electron chi connectivity index (χ1n) is 3.88. The summed E-state index contributed by atoms with van der Waals surface area (Å²) in [5.41, 5.74) is 0. The van der Waals surface area contributed by atoms with Gasteiger partial charge in [-0.1, -0.05) is 6.92 Å². The molecule has 3 radical (unpaired) electrons. The lowest BCUT2D eigenvalue weighted by Crippen LogP contribution is -2.31. The van der Waals surface area contributed by atoms with Gasteiger partial charge >= 0.3 is 9.28 Å². The molecular weight excluding hydrogens is 188 g/mol. The van der Waals surface area contributed by atoms with Crippen LogP contribution in [0.2, 0.25) is 32.2 Å². The maximum Gasteiger partial charge on any atom is 0.362 e. The standard InChI is InChI=1S/C6H17O2Si3/c1-6-11(7-9(2)3)8-10(4)5/h6H2,1-5H3. The molecule has 0 fully saturated rings. The fourth-order valence-electron chi connectivity index (χ4n) is 0.621. The highest BCUT2D eigenvalue weighted by atomic mass is 28.4. The highest BCUT2D eigenvalue weighted by Crippen LogP contribution is 2.00. The smallest absolute Gasteiger partial charge is 0.362 e. The summed E-state index contributed by atoms with van der Waals surface area (Å²) in [6, 6.07) is 1.07. The van der Waals surface area contributed by atoms with Gasteiger partial charge in [0.25, 0.3) is 0 Å². The van der Waals surface area contributed by atoms with Gasteiger partial charge in [0.05, 0.1) is 0 Å². The van der Waals surface area contributed by atoms with E-state index < -0.39 is 27.4 Å². The third kappa shape index (κ3) is 6.95. The molecule has 65 valence electrons. The largest absolute Gasteiger partial charge is 0.435 e. The molecule has 11 heavy (non-hydrogen) atoms. The summed E-state index contributed by atoms with van der Waals surface area (Å²) in [4.78, 5) is 0. The van der Waals surface area contributed by atoms with Crippen molar-refractivity contribution in [3.63, 3.8) is 0 Å². The Hall–Kier alpha value is 0.571. The minimum absolute atomic E-state index is 0.554. The third-order valence-corrected chi connectivity index (χ3v) is 6.59. The Morgan fingerprint density at radius 2 is 1.27 bits per heavy atom. The number of rotatable bonds is 5. The van der Waals surface area contributed by atoms with Crippen molar-refractivity contribution in [2.24, 2.45) is 0 Å². The average molecular weight is 205 g/mol. The molecule has 0 rings (SSSR count). The van der Waals surface area contributed by atoms with E-state index in [1.54, 1.807) is 0 Å². The van der Waals surface area contributed by atoms with Crippen molar-refractivity contribution in [3.8, 4) is 0 Å². The molecule has 2 nitrogen and oxygen atoms in total. The van der Waals surface area contributed by atoms with E-state index in [0.29, 0.717) is 0 Å². The van der Waals surface area contributed by atoms with Crippen LogP contribution in [0.25, 0.3) is 0 Å². The monoisotopic (exact) mass is 205 g/mol. The first-order valence-corrected chi connectivity index (χ1v) is 10.2. The molecule has 0 aliphatic carbocycles. The molecule has 0 unspecified atom stereocenters. The van der Waals surface area contributed by atoms with Crippen molar-refractivity contribution in [1.82, 2.24) is 0 Å². The molecular formula is C6H17O2Si3. The zero-order valence-corrected chi connectivity index (χ0v) is 11.0. The van der Waals surface area contributed by atoms with Crippen LogP contribution in [0.1, 0.15) is 6.92 Å². The van der Waals surface area contributed by atoms with E-state index in [0.717, 1.165) is 6.04 Å². The van der Waals surface area contributed by atoms with Gasteiger partial charge in [-0.05, 0) is 32.2 Å². The third-order valence-electron chi connectivity index (χ3n) is 0.925.